The highest BCUT2D eigenvalue weighted by Gasteiger charge is 2.38. The summed E-state index contributed by atoms with van der Waals surface area (Å²) in [6.45, 7) is 0. The number of nitrogens with zero attached hydrogens (tertiary/aromatic N) is 2. The maximum absolute atomic E-state index is 12.7. The summed E-state index contributed by atoms with van der Waals surface area (Å²) >= 11 is 5.60. The summed E-state index contributed by atoms with van der Waals surface area (Å²) in [5, 5.41) is 5.64. The van der Waals surface area contributed by atoms with Gasteiger partial charge in [-0.25, -0.2) is 4.39 Å². The van der Waals surface area contributed by atoms with Crippen LogP contribution in [0, 0.1) is 5.82 Å². The van der Waals surface area contributed by atoms with Crippen molar-refractivity contribution < 1.29 is 26.7 Å². The maximum Gasteiger partial charge on any atom is 0.470 e. The van der Waals surface area contributed by atoms with E-state index in [1.54, 1.807) is 0 Å². The SMILES string of the molecule is Fc1ccc(Oc2nnc(C(F)(F)F)o2)c(Cl)c1. The minimum atomic E-state index is -4.76. The van der Waals surface area contributed by atoms with Gasteiger partial charge in [-0.15, -0.1) is 0 Å². The number of rotatable bonds is 2. The smallest absolute Gasteiger partial charge is 0.408 e. The summed E-state index contributed by atoms with van der Waals surface area (Å²) in [5.41, 5.74) is 0. The molecule has 18 heavy (non-hydrogen) atoms. The molecular formula is C9H3ClF4N2O2. The maximum atomic E-state index is 12.7. The first kappa shape index (κ1) is 12.6. The molecule has 96 valence electrons. The molecule has 0 unspecified atom stereocenters. The molecule has 2 rings (SSSR count). The molecule has 0 radical (unpaired) electrons. The van der Waals surface area contributed by atoms with Gasteiger partial charge in [0.1, 0.15) is 5.82 Å². The summed E-state index contributed by atoms with van der Waals surface area (Å²) in [6.07, 6.45) is -5.50. The molecule has 0 saturated carbocycles. The molecule has 0 aliphatic heterocycles. The van der Waals surface area contributed by atoms with Gasteiger partial charge in [0, 0.05) is 0 Å². The second-order valence-corrected chi connectivity index (χ2v) is 3.45. The Balaban J connectivity index is 2.21. The van der Waals surface area contributed by atoms with Crippen LogP contribution < -0.4 is 4.74 Å². The van der Waals surface area contributed by atoms with Crippen molar-refractivity contribution in [3.05, 3.63) is 34.9 Å². The topological polar surface area (TPSA) is 48.2 Å². The molecule has 0 atom stereocenters. The van der Waals surface area contributed by atoms with Crippen LogP contribution in [0.2, 0.25) is 5.02 Å². The van der Waals surface area contributed by atoms with Crippen molar-refractivity contribution in [1.29, 1.82) is 0 Å². The van der Waals surface area contributed by atoms with Crippen molar-refractivity contribution in [1.82, 2.24) is 10.2 Å². The molecule has 1 heterocycles. The second kappa shape index (κ2) is 4.45. The summed E-state index contributed by atoms with van der Waals surface area (Å²) in [7, 11) is 0. The predicted octanol–water partition coefficient (Wildman–Crippen LogP) is 3.67. The van der Waals surface area contributed by atoms with Gasteiger partial charge in [-0.2, -0.15) is 13.2 Å². The van der Waals surface area contributed by atoms with Gasteiger partial charge in [-0.1, -0.05) is 21.8 Å². The fraction of sp³-hybridized carbons (Fsp3) is 0.111. The van der Waals surface area contributed by atoms with Gasteiger partial charge in [-0.3, -0.25) is 0 Å². The largest absolute Gasteiger partial charge is 0.470 e. The van der Waals surface area contributed by atoms with E-state index in [1.807, 2.05) is 0 Å². The van der Waals surface area contributed by atoms with Gasteiger partial charge in [-0.05, 0) is 18.2 Å². The van der Waals surface area contributed by atoms with Crippen LogP contribution in [0.1, 0.15) is 5.89 Å². The van der Waals surface area contributed by atoms with Crippen molar-refractivity contribution in [3.63, 3.8) is 0 Å². The number of alkyl halides is 3. The Kier molecular flexibility index (Phi) is 3.12. The van der Waals surface area contributed by atoms with Crippen LogP contribution >= 0.6 is 11.6 Å². The molecule has 0 aliphatic rings. The molecule has 0 spiro atoms. The lowest BCUT2D eigenvalue weighted by atomic mass is 10.3. The predicted molar refractivity (Wildman–Crippen MR) is 50.8 cm³/mol. The monoisotopic (exact) mass is 282 g/mol. The Morgan fingerprint density at radius 3 is 2.50 bits per heavy atom. The molecule has 2 aromatic rings. The van der Waals surface area contributed by atoms with Crippen molar-refractivity contribution in [3.8, 4) is 11.8 Å². The molecule has 0 fully saturated rings. The Labute approximate surface area is 102 Å². The standard InChI is InChI=1S/C9H3ClF4N2O2/c10-5-3-4(11)1-2-6(5)17-8-16-15-7(18-8)9(12,13)14/h1-3H. The van der Waals surface area contributed by atoms with E-state index in [-0.39, 0.29) is 10.8 Å². The van der Waals surface area contributed by atoms with Crippen molar-refractivity contribution >= 4 is 11.6 Å². The molecule has 0 saturated heterocycles. The summed E-state index contributed by atoms with van der Waals surface area (Å²) in [4.78, 5) is 0. The molecule has 4 nitrogen and oxygen atoms in total. The number of hydrogen-bond acceptors (Lipinski definition) is 4. The van der Waals surface area contributed by atoms with E-state index in [0.29, 0.717) is 0 Å². The van der Waals surface area contributed by atoms with Gasteiger partial charge in [0.2, 0.25) is 0 Å². The zero-order chi connectivity index (χ0) is 13.3. The van der Waals surface area contributed by atoms with E-state index in [0.717, 1.165) is 18.2 Å². The molecule has 0 N–H and O–H groups in total. The average Bonchev–Trinajstić information content (AvgIpc) is 2.70. The zero-order valence-corrected chi connectivity index (χ0v) is 9.09. The third-order valence-electron chi connectivity index (χ3n) is 1.74. The van der Waals surface area contributed by atoms with E-state index in [9.17, 15) is 17.6 Å². The Morgan fingerprint density at radius 1 is 1.22 bits per heavy atom. The van der Waals surface area contributed by atoms with Gasteiger partial charge in [0.25, 0.3) is 0 Å². The second-order valence-electron chi connectivity index (χ2n) is 3.05. The Hall–Kier alpha value is -1.83. The van der Waals surface area contributed by atoms with Crippen LogP contribution in [0.3, 0.4) is 0 Å². The number of ether oxygens (including phenoxy) is 1. The van der Waals surface area contributed by atoms with Crippen LogP contribution in [0.5, 0.6) is 11.8 Å². The van der Waals surface area contributed by atoms with Crippen LogP contribution in [-0.4, -0.2) is 10.2 Å². The fourth-order valence-electron chi connectivity index (χ4n) is 1.02. The first-order valence-corrected chi connectivity index (χ1v) is 4.77. The van der Waals surface area contributed by atoms with Crippen molar-refractivity contribution in [2.24, 2.45) is 0 Å². The van der Waals surface area contributed by atoms with Gasteiger partial charge in [0.05, 0.1) is 5.02 Å². The van der Waals surface area contributed by atoms with Crippen LogP contribution in [-0.2, 0) is 6.18 Å². The van der Waals surface area contributed by atoms with Gasteiger partial charge >= 0.3 is 18.1 Å². The molecule has 0 aliphatic carbocycles. The minimum Gasteiger partial charge on any atom is -0.408 e. The summed E-state index contributed by atoms with van der Waals surface area (Å²) in [5.74, 6) is -2.26. The quantitative estimate of drug-likeness (QED) is 0.789. The van der Waals surface area contributed by atoms with E-state index < -0.39 is 24.0 Å². The lowest BCUT2D eigenvalue weighted by molar-refractivity contribution is -0.157. The lowest BCUT2D eigenvalue weighted by Crippen LogP contribution is -2.04. The molecule has 9 heteroatoms. The molecule has 0 amide bonds. The van der Waals surface area contributed by atoms with E-state index >= 15 is 0 Å². The number of benzene rings is 1. The normalized spacial score (nSPS) is 11.6. The molecule has 0 bridgehead atoms. The fourth-order valence-corrected chi connectivity index (χ4v) is 1.22. The summed E-state index contributed by atoms with van der Waals surface area (Å²) in [6, 6.07) is 3.06. The van der Waals surface area contributed by atoms with Crippen LogP contribution in [0.25, 0.3) is 0 Å². The lowest BCUT2D eigenvalue weighted by Gasteiger charge is -2.02. The van der Waals surface area contributed by atoms with Crippen molar-refractivity contribution in [2.45, 2.75) is 6.18 Å². The number of aromatic nitrogens is 2. The van der Waals surface area contributed by atoms with E-state index in [1.165, 1.54) is 0 Å². The van der Waals surface area contributed by atoms with Crippen molar-refractivity contribution in [2.75, 3.05) is 0 Å². The first-order valence-electron chi connectivity index (χ1n) is 4.40. The summed E-state index contributed by atoms with van der Waals surface area (Å²) < 4.78 is 58.2. The first-order chi connectivity index (χ1) is 8.36. The Morgan fingerprint density at radius 2 is 1.94 bits per heavy atom. The molecule has 1 aromatic heterocycles. The third-order valence-corrected chi connectivity index (χ3v) is 2.04. The van der Waals surface area contributed by atoms with Crippen LogP contribution in [0.4, 0.5) is 17.6 Å². The molecule has 1 aromatic carbocycles. The number of halogens is 5. The highest BCUT2D eigenvalue weighted by atomic mass is 35.5. The third kappa shape index (κ3) is 2.70. The van der Waals surface area contributed by atoms with Gasteiger partial charge in [0.15, 0.2) is 5.75 Å². The van der Waals surface area contributed by atoms with E-state index in [4.69, 9.17) is 16.3 Å². The minimum absolute atomic E-state index is 0.101. The number of hydrogen-bond donors (Lipinski definition) is 0. The molecular weight excluding hydrogens is 280 g/mol. The van der Waals surface area contributed by atoms with E-state index in [2.05, 4.69) is 14.6 Å². The Bertz CT molecular complexity index is 570. The van der Waals surface area contributed by atoms with Gasteiger partial charge < -0.3 is 9.15 Å². The van der Waals surface area contributed by atoms with Crippen LogP contribution in [0.15, 0.2) is 22.6 Å². The average molecular weight is 283 g/mol. The zero-order valence-electron chi connectivity index (χ0n) is 8.33. The highest BCUT2D eigenvalue weighted by molar-refractivity contribution is 6.32. The highest BCUT2D eigenvalue weighted by Crippen LogP contribution is 2.33.